The third-order valence-electron chi connectivity index (χ3n) is 7.13. The number of carboxylic acids is 1. The topological polar surface area (TPSA) is 121 Å². The zero-order chi connectivity index (χ0) is 29.4. The standard InChI is InChI=1S/C25H28ClN5O2.C2HF3O2/c1-15-12-17(9-11-33-15)31-21(32)14-25(2,29-24(31)27)19-8-4-7-18(22(19)26)20-13-16-6-5-10-28-23(16)30(20)3;3-2(4,5)1(6)7/h4-8,10,13,15,17H,9,11-12,14H2,1-3H3,(H2,27,29);(H,6,7)/t15-,17-,25-;/m0./s1. The van der Waals surface area contributed by atoms with Crippen molar-refractivity contribution in [1.29, 1.82) is 5.41 Å². The number of hydrogen-bond acceptors (Lipinski definition) is 5. The number of nitrogens with one attached hydrogen (secondary N) is 2. The number of halogens is 4. The first-order chi connectivity index (χ1) is 18.7. The molecule has 9 nitrogen and oxygen atoms in total. The Kier molecular flexibility index (Phi) is 8.13. The Morgan fingerprint density at radius 2 is 2.00 bits per heavy atom. The molecule has 1 aromatic carbocycles. The molecule has 2 fully saturated rings. The van der Waals surface area contributed by atoms with Crippen LogP contribution in [-0.4, -0.2) is 62.3 Å². The van der Waals surface area contributed by atoms with Crippen LogP contribution >= 0.6 is 11.6 Å². The lowest BCUT2D eigenvalue weighted by Gasteiger charge is -2.45. The van der Waals surface area contributed by atoms with Crippen LogP contribution in [0.5, 0.6) is 0 Å². The van der Waals surface area contributed by atoms with E-state index in [9.17, 15) is 18.0 Å². The van der Waals surface area contributed by atoms with Gasteiger partial charge in [0.15, 0.2) is 5.96 Å². The van der Waals surface area contributed by atoms with E-state index in [2.05, 4.69) is 16.4 Å². The van der Waals surface area contributed by atoms with E-state index < -0.39 is 17.7 Å². The molecule has 3 aromatic rings. The van der Waals surface area contributed by atoms with E-state index in [0.717, 1.165) is 40.7 Å². The first kappa shape index (κ1) is 29.3. The van der Waals surface area contributed by atoms with Gasteiger partial charge in [0.25, 0.3) is 0 Å². The zero-order valence-corrected chi connectivity index (χ0v) is 22.8. The normalized spacial score (nSPS) is 23.4. The molecule has 1 amide bonds. The zero-order valence-electron chi connectivity index (χ0n) is 22.1. The van der Waals surface area contributed by atoms with E-state index in [1.807, 2.05) is 55.8 Å². The van der Waals surface area contributed by atoms with Gasteiger partial charge in [-0.15, -0.1) is 0 Å². The Morgan fingerprint density at radius 1 is 1.30 bits per heavy atom. The highest BCUT2D eigenvalue weighted by Crippen LogP contribution is 2.40. The molecule has 0 unspecified atom stereocenters. The molecule has 40 heavy (non-hydrogen) atoms. The number of aromatic nitrogens is 2. The minimum absolute atomic E-state index is 0.0177. The Hall–Kier alpha value is -3.64. The van der Waals surface area contributed by atoms with E-state index in [1.54, 1.807) is 11.1 Å². The Labute approximate surface area is 233 Å². The van der Waals surface area contributed by atoms with Gasteiger partial charge in [0.2, 0.25) is 5.91 Å². The molecule has 3 N–H and O–H groups in total. The number of guanidine groups is 1. The highest BCUT2D eigenvalue weighted by molar-refractivity contribution is 6.34. The summed E-state index contributed by atoms with van der Waals surface area (Å²) in [5.41, 5.74) is 2.73. The van der Waals surface area contributed by atoms with E-state index in [-0.39, 0.29) is 30.4 Å². The second-order valence-electron chi connectivity index (χ2n) is 10.1. The molecule has 2 aromatic heterocycles. The summed E-state index contributed by atoms with van der Waals surface area (Å²) in [6.07, 6.45) is -1.53. The van der Waals surface area contributed by atoms with E-state index >= 15 is 0 Å². The second kappa shape index (κ2) is 11.1. The fourth-order valence-electron chi connectivity index (χ4n) is 5.21. The Balaban J connectivity index is 0.000000470. The third kappa shape index (κ3) is 5.78. The van der Waals surface area contributed by atoms with Crippen LogP contribution in [0.3, 0.4) is 0 Å². The molecule has 0 saturated carbocycles. The number of carboxylic acid groups (broad SMARTS) is 1. The van der Waals surface area contributed by atoms with Gasteiger partial charge in [0.1, 0.15) is 5.65 Å². The number of aliphatic carboxylic acids is 1. The average Bonchev–Trinajstić information content (AvgIpc) is 3.19. The molecule has 0 bridgehead atoms. The van der Waals surface area contributed by atoms with Crippen LogP contribution in [0, 0.1) is 5.41 Å². The molecule has 2 aliphatic rings. The lowest BCUT2D eigenvalue weighted by molar-refractivity contribution is -0.192. The highest BCUT2D eigenvalue weighted by Gasteiger charge is 2.44. The van der Waals surface area contributed by atoms with Gasteiger partial charge in [-0.1, -0.05) is 29.8 Å². The number of carbonyl (C=O) groups excluding carboxylic acids is 1. The van der Waals surface area contributed by atoms with Gasteiger partial charge in [0, 0.05) is 36.8 Å². The SMILES string of the molecule is C[C@H]1C[C@@H](N2C(=N)N[C@](C)(c3cccc(-c4cc5cccnc5n4C)c3Cl)CC2=O)CCO1.O=C(O)C(F)(F)F. The van der Waals surface area contributed by atoms with Crippen LogP contribution in [0.25, 0.3) is 22.3 Å². The molecule has 13 heteroatoms. The van der Waals surface area contributed by atoms with Crippen molar-refractivity contribution in [2.24, 2.45) is 7.05 Å². The van der Waals surface area contributed by atoms with Crippen LogP contribution in [-0.2, 0) is 26.9 Å². The number of hydrogen-bond donors (Lipinski definition) is 3. The molecular weight excluding hydrogens is 551 g/mol. The van der Waals surface area contributed by atoms with Crippen LogP contribution in [0.15, 0.2) is 42.6 Å². The molecule has 2 aliphatic heterocycles. The number of alkyl halides is 3. The van der Waals surface area contributed by atoms with Gasteiger partial charge >= 0.3 is 12.1 Å². The molecule has 2 saturated heterocycles. The van der Waals surface area contributed by atoms with Gasteiger partial charge < -0.3 is 19.7 Å². The average molecular weight is 580 g/mol. The van der Waals surface area contributed by atoms with Gasteiger partial charge in [-0.25, -0.2) is 9.78 Å². The van der Waals surface area contributed by atoms with Gasteiger partial charge in [-0.3, -0.25) is 15.1 Å². The summed E-state index contributed by atoms with van der Waals surface area (Å²) in [6, 6.07) is 11.9. The summed E-state index contributed by atoms with van der Waals surface area (Å²) in [7, 11) is 1.97. The van der Waals surface area contributed by atoms with Gasteiger partial charge in [-0.2, -0.15) is 13.2 Å². The van der Waals surface area contributed by atoms with E-state index in [0.29, 0.717) is 11.6 Å². The highest BCUT2D eigenvalue weighted by atomic mass is 35.5. The lowest BCUT2D eigenvalue weighted by Crippen LogP contribution is -2.63. The van der Waals surface area contributed by atoms with Crippen molar-refractivity contribution < 1.29 is 32.6 Å². The van der Waals surface area contributed by atoms with Crippen molar-refractivity contribution in [2.75, 3.05) is 6.61 Å². The van der Waals surface area contributed by atoms with Crippen molar-refractivity contribution in [3.8, 4) is 11.3 Å². The third-order valence-corrected chi connectivity index (χ3v) is 7.54. The number of carbonyl (C=O) groups is 2. The number of benzene rings is 1. The minimum atomic E-state index is -5.08. The van der Waals surface area contributed by atoms with Crippen LogP contribution in [0.1, 0.15) is 38.7 Å². The number of ether oxygens (including phenoxy) is 1. The minimum Gasteiger partial charge on any atom is -0.475 e. The lowest BCUT2D eigenvalue weighted by atomic mass is 9.84. The first-order valence-corrected chi connectivity index (χ1v) is 12.9. The summed E-state index contributed by atoms with van der Waals surface area (Å²) in [5.74, 6) is -2.69. The predicted molar refractivity (Wildman–Crippen MR) is 143 cm³/mol. The molecule has 4 heterocycles. The van der Waals surface area contributed by atoms with Crippen molar-refractivity contribution in [1.82, 2.24) is 19.8 Å². The predicted octanol–water partition coefficient (Wildman–Crippen LogP) is 5.07. The van der Waals surface area contributed by atoms with Crippen molar-refractivity contribution in [3.05, 3.63) is 53.2 Å². The summed E-state index contributed by atoms with van der Waals surface area (Å²) in [6.45, 7) is 4.56. The maximum atomic E-state index is 13.3. The summed E-state index contributed by atoms with van der Waals surface area (Å²) in [4.78, 5) is 28.3. The number of amides is 1. The molecule has 3 atom stereocenters. The molecular formula is C27H29ClF3N5O4. The number of pyridine rings is 1. The van der Waals surface area contributed by atoms with Crippen molar-refractivity contribution >= 4 is 40.5 Å². The smallest absolute Gasteiger partial charge is 0.475 e. The fraction of sp³-hybridized carbons (Fsp3) is 0.407. The first-order valence-electron chi connectivity index (χ1n) is 12.5. The van der Waals surface area contributed by atoms with E-state index in [1.165, 1.54) is 0 Å². The number of nitrogens with zero attached hydrogens (tertiary/aromatic N) is 3. The largest absolute Gasteiger partial charge is 0.490 e. The van der Waals surface area contributed by atoms with Gasteiger partial charge in [0.05, 0.1) is 28.8 Å². The van der Waals surface area contributed by atoms with Crippen LogP contribution in [0.2, 0.25) is 5.02 Å². The molecule has 0 radical (unpaired) electrons. The maximum Gasteiger partial charge on any atom is 0.490 e. The molecule has 5 rings (SSSR count). The summed E-state index contributed by atoms with van der Waals surface area (Å²) in [5, 5.41) is 20.7. The molecule has 0 spiro atoms. The summed E-state index contributed by atoms with van der Waals surface area (Å²) < 4.78 is 39.4. The second-order valence-corrected chi connectivity index (χ2v) is 10.5. The molecule has 0 aliphatic carbocycles. The van der Waals surface area contributed by atoms with Crippen LogP contribution in [0.4, 0.5) is 13.2 Å². The number of aryl methyl sites for hydroxylation is 1. The summed E-state index contributed by atoms with van der Waals surface area (Å²) >= 11 is 6.98. The number of fused-ring (bicyclic) bond motifs is 1. The van der Waals surface area contributed by atoms with Crippen molar-refractivity contribution in [2.45, 2.75) is 57.0 Å². The quantitative estimate of drug-likeness (QED) is 0.399. The Bertz CT molecular complexity index is 1440. The number of rotatable bonds is 3. The Morgan fingerprint density at radius 3 is 2.60 bits per heavy atom. The van der Waals surface area contributed by atoms with Crippen molar-refractivity contribution in [3.63, 3.8) is 0 Å². The van der Waals surface area contributed by atoms with E-state index in [4.69, 9.17) is 31.6 Å². The molecule has 214 valence electrons. The van der Waals surface area contributed by atoms with Crippen LogP contribution < -0.4 is 5.32 Å². The maximum absolute atomic E-state index is 13.3. The monoisotopic (exact) mass is 579 g/mol. The van der Waals surface area contributed by atoms with Gasteiger partial charge in [-0.05, 0) is 50.5 Å². The fourth-order valence-corrected chi connectivity index (χ4v) is 5.64.